The molecule has 0 radical (unpaired) electrons. The minimum Gasteiger partial charge on any atom is -0.386 e. The molecule has 1 aliphatic rings. The summed E-state index contributed by atoms with van der Waals surface area (Å²) in [5, 5.41) is 40.9. The van der Waals surface area contributed by atoms with E-state index in [0.717, 1.165) is 23.0 Å². The van der Waals surface area contributed by atoms with Crippen molar-refractivity contribution in [1.82, 2.24) is 0 Å². The fourth-order valence-corrected chi connectivity index (χ4v) is 22.9. The van der Waals surface area contributed by atoms with E-state index in [-0.39, 0.29) is 15.5 Å². The molecule has 4 heterocycles. The van der Waals surface area contributed by atoms with E-state index in [1.54, 1.807) is 64.4 Å². The maximum Gasteiger partial charge on any atom is 0.193 e. The van der Waals surface area contributed by atoms with Crippen molar-refractivity contribution in [2.45, 2.75) is 169 Å². The lowest BCUT2D eigenvalue weighted by Crippen LogP contribution is -2.44. The van der Waals surface area contributed by atoms with Gasteiger partial charge in [-0.1, -0.05) is 61.6 Å². The highest BCUT2D eigenvalue weighted by atomic mass is 32.2. The molecule has 3 aromatic rings. The molecule has 0 spiro atoms. The van der Waals surface area contributed by atoms with E-state index in [4.69, 9.17) is 13.9 Å². The van der Waals surface area contributed by atoms with Crippen molar-refractivity contribution >= 4 is 79.8 Å². The summed E-state index contributed by atoms with van der Waals surface area (Å²) in [4.78, 5) is 0. The van der Waals surface area contributed by atoms with Crippen LogP contribution in [0.15, 0.2) is 55.4 Å². The van der Waals surface area contributed by atoms with E-state index in [9.17, 15) is 32.2 Å². The molecule has 2 unspecified atom stereocenters. The summed E-state index contributed by atoms with van der Waals surface area (Å²) in [6.45, 7) is 35.6. The number of aliphatic hydroxyl groups is 3. The van der Waals surface area contributed by atoms with Gasteiger partial charge in [0.05, 0.1) is 38.8 Å². The van der Waals surface area contributed by atoms with Crippen molar-refractivity contribution < 1.29 is 36.9 Å². The highest BCUT2D eigenvalue weighted by Gasteiger charge is 2.40. The Morgan fingerprint density at radius 2 is 1.03 bits per heavy atom. The molecule has 4 rings (SSSR count). The first-order chi connectivity index (χ1) is 26.7. The summed E-state index contributed by atoms with van der Waals surface area (Å²) < 4.78 is 65.3. The molecule has 2 atom stereocenters. The van der Waals surface area contributed by atoms with Crippen LogP contribution in [0.2, 0.25) is 36.3 Å². The highest BCUT2D eigenvalue weighted by molar-refractivity contribution is 7.96. The van der Waals surface area contributed by atoms with Gasteiger partial charge in [-0.05, 0) is 129 Å². The lowest BCUT2D eigenvalue weighted by molar-refractivity contribution is 0.0784. The van der Waals surface area contributed by atoms with Gasteiger partial charge in [-0.3, -0.25) is 4.03 Å². The van der Waals surface area contributed by atoms with E-state index < -0.39 is 62.6 Å². The van der Waals surface area contributed by atoms with Crippen LogP contribution in [0.25, 0.3) is 0 Å². The zero-order valence-corrected chi connectivity index (χ0v) is 46.4. The van der Waals surface area contributed by atoms with Gasteiger partial charge in [0.2, 0.25) is 0 Å². The second-order valence-corrected chi connectivity index (χ2v) is 41.1. The Balaban J connectivity index is 0.000000430. The number of nitrogens with two attached hydrogens (primary N) is 1. The molecular formula is C41H77N3O8S6Si2. The Morgan fingerprint density at radius 1 is 0.667 bits per heavy atom. The molecule has 3 aromatic heterocycles. The molecule has 0 aromatic carbocycles. The lowest BCUT2D eigenvalue weighted by Gasteiger charge is -2.36. The average molecular weight is 989 g/mol. The first-order valence-corrected chi connectivity index (χ1v) is 33.8. The van der Waals surface area contributed by atoms with E-state index in [0.29, 0.717) is 25.3 Å². The highest BCUT2D eigenvalue weighted by Crippen LogP contribution is 2.41. The third-order valence-electron chi connectivity index (χ3n) is 11.0. The number of hydrogen-bond acceptors (Lipinski definition) is 13. The van der Waals surface area contributed by atoms with Gasteiger partial charge in [0, 0.05) is 31.4 Å². The zero-order chi connectivity index (χ0) is 47.2. The molecule has 0 amide bonds. The van der Waals surface area contributed by atoms with Crippen LogP contribution in [0, 0.1) is 0 Å². The molecule has 1 saturated heterocycles. The molecule has 0 aliphatic carbocycles. The smallest absolute Gasteiger partial charge is 0.193 e. The fraction of sp³-hybridized carbons (Fsp3) is 0.707. The van der Waals surface area contributed by atoms with Gasteiger partial charge >= 0.3 is 0 Å². The molecule has 60 heavy (non-hydrogen) atoms. The molecule has 348 valence electrons. The molecular weight excluding hydrogens is 911 g/mol. The quantitative estimate of drug-likeness (QED) is 0.144. The summed E-state index contributed by atoms with van der Waals surface area (Å²) in [6.07, 6.45) is 2.56. The summed E-state index contributed by atoms with van der Waals surface area (Å²) >= 11 is 3.91. The molecule has 0 saturated carbocycles. The van der Waals surface area contributed by atoms with Crippen LogP contribution in [-0.2, 0) is 51.0 Å². The topological polar surface area (TPSA) is 189 Å². The van der Waals surface area contributed by atoms with E-state index >= 15 is 0 Å². The van der Waals surface area contributed by atoms with Gasteiger partial charge in [-0.15, -0.1) is 34.0 Å². The Morgan fingerprint density at radius 3 is 1.33 bits per heavy atom. The van der Waals surface area contributed by atoms with Crippen LogP contribution in [0.3, 0.4) is 0 Å². The molecule has 5 N–H and O–H groups in total. The summed E-state index contributed by atoms with van der Waals surface area (Å²) in [6, 6.07) is 5.13. The van der Waals surface area contributed by atoms with Gasteiger partial charge in [0.25, 0.3) is 0 Å². The van der Waals surface area contributed by atoms with E-state index in [1.807, 2.05) is 18.4 Å². The second kappa shape index (κ2) is 21.0. The first kappa shape index (κ1) is 57.2. The number of ether oxygens (including phenoxy) is 1. The Labute approximate surface area is 378 Å². The Kier molecular flexibility index (Phi) is 20.0. The predicted octanol–water partition coefficient (Wildman–Crippen LogP) is 10.7. The standard InChI is InChI=1S/C15H29NO2S2Si.C14H26O3S2Si.C8H14N2O2S2.C4H8O/c1-9-20(18,16-21(7,8)14(2,3)4)13-10-12(11-19-13)15(5,6)17;1-13(2,3)20(6,7)10-19(16,17)12-8-11(9-18-12)14(4,5)15;1-8(2,11)6-4-7(13-5-6)14(9,12)10-3;1-2-4-5-3-1/h10-11,17H,9H2,1-8H3;8-9,15H,10H2,1-7H3;4-5,11H,1-3H3,(H2,9,10,12);1-4H2. The monoisotopic (exact) mass is 987 g/mol. The van der Waals surface area contributed by atoms with Crippen molar-refractivity contribution in [1.29, 1.82) is 0 Å². The van der Waals surface area contributed by atoms with Crippen molar-refractivity contribution in [3.05, 3.63) is 51.0 Å². The summed E-state index contributed by atoms with van der Waals surface area (Å²) in [5.41, 5.74) is -0.649. The third kappa shape index (κ3) is 17.0. The summed E-state index contributed by atoms with van der Waals surface area (Å²) in [7, 11) is -10.9. The van der Waals surface area contributed by atoms with E-state index in [2.05, 4.69) is 72.1 Å². The number of hydrogen-bond donors (Lipinski definition) is 4. The molecule has 19 heteroatoms. The average Bonchev–Trinajstić information content (AvgIpc) is 3.90. The Hall–Kier alpha value is -0.816. The maximum atomic E-state index is 13.4. The Bertz CT molecular complexity index is 2180. The van der Waals surface area contributed by atoms with Crippen molar-refractivity contribution in [3.8, 4) is 0 Å². The normalized spacial score (nSPS) is 16.5. The lowest BCUT2D eigenvalue weighted by atomic mass is 10.0. The maximum absolute atomic E-state index is 13.4. The fourth-order valence-electron chi connectivity index (χ4n) is 4.52. The first-order valence-electron chi connectivity index (χ1n) is 20.1. The van der Waals surface area contributed by atoms with Crippen molar-refractivity contribution in [3.63, 3.8) is 0 Å². The van der Waals surface area contributed by atoms with Gasteiger partial charge < -0.3 is 20.1 Å². The minimum atomic E-state index is -3.27. The zero-order valence-electron chi connectivity index (χ0n) is 39.5. The van der Waals surface area contributed by atoms with Gasteiger partial charge in [0.1, 0.15) is 18.3 Å². The van der Waals surface area contributed by atoms with Crippen LogP contribution in [0.5, 0.6) is 0 Å². The number of thiophene rings is 3. The van der Waals surface area contributed by atoms with Crippen LogP contribution < -0.4 is 5.14 Å². The van der Waals surface area contributed by atoms with Crippen LogP contribution >= 0.6 is 34.0 Å². The third-order valence-corrected chi connectivity index (χ3v) is 35.0. The minimum absolute atomic E-state index is 0.0381. The molecule has 0 bridgehead atoms. The number of nitrogens with zero attached hydrogens (tertiary/aromatic N) is 2. The van der Waals surface area contributed by atoms with Gasteiger partial charge in [-0.2, -0.15) is 0 Å². The second-order valence-electron chi connectivity index (χ2n) is 19.9. The molecule has 1 aliphatic heterocycles. The summed E-state index contributed by atoms with van der Waals surface area (Å²) in [5.74, 6) is 0.519. The molecule has 1 fully saturated rings. The van der Waals surface area contributed by atoms with Crippen LogP contribution in [0.4, 0.5) is 0 Å². The van der Waals surface area contributed by atoms with Crippen LogP contribution in [0.1, 0.15) is 120 Å². The number of sulfone groups is 1. The molecule has 11 nitrogen and oxygen atoms in total. The predicted molar refractivity (Wildman–Crippen MR) is 264 cm³/mol. The largest absolute Gasteiger partial charge is 0.386 e. The van der Waals surface area contributed by atoms with Crippen molar-refractivity contribution in [2.75, 3.05) is 31.4 Å². The van der Waals surface area contributed by atoms with Gasteiger partial charge in [0.15, 0.2) is 18.1 Å². The van der Waals surface area contributed by atoms with E-state index in [1.165, 1.54) is 53.9 Å². The van der Waals surface area contributed by atoms with Crippen LogP contribution in [-0.4, -0.2) is 79.9 Å². The van der Waals surface area contributed by atoms with Crippen molar-refractivity contribution in [2.24, 2.45) is 13.5 Å². The SMILES string of the molecule is C1CCOC1.CC(C)(O)c1csc(S(=O)(=O)C[Si](C)(C)C(C)(C)C)c1.CCS(=O)(=N[Si](C)(C)C(C)(C)C)c1cc(C(C)(C)O)cs1.CN=S(N)(=O)c1cc(C(C)(C)O)cs1. The van der Waals surface area contributed by atoms with Gasteiger partial charge in [-0.25, -0.2) is 26.3 Å². The number of rotatable bonds is 10.